The van der Waals surface area contributed by atoms with E-state index in [0.717, 1.165) is 14.8 Å². The van der Waals surface area contributed by atoms with Crippen LogP contribution < -0.4 is 19.9 Å². The Hall–Kier alpha value is -1.64. The van der Waals surface area contributed by atoms with Crippen LogP contribution in [0.3, 0.4) is 0 Å². The lowest BCUT2D eigenvalue weighted by molar-refractivity contribution is 0.347. The Kier molecular flexibility index (Phi) is 4.81. The number of halogens is 1. The van der Waals surface area contributed by atoms with Gasteiger partial charge in [0.15, 0.2) is 11.5 Å². The number of aryl methyl sites for hydroxylation is 1. The molecule has 114 valence electrons. The van der Waals surface area contributed by atoms with Crippen molar-refractivity contribution >= 4 is 28.4 Å². The number of benzene rings is 1. The van der Waals surface area contributed by atoms with Crippen LogP contribution in [0.1, 0.15) is 11.3 Å². The van der Waals surface area contributed by atoms with Crippen LogP contribution in [0.5, 0.6) is 17.2 Å². The SMILES string of the molecule is COc1cc(OC)c(OC)cc1Cn1nc(C)c(I)c1N. The van der Waals surface area contributed by atoms with E-state index in [1.807, 2.05) is 13.0 Å². The second kappa shape index (κ2) is 6.42. The number of nitrogens with zero attached hydrogens (tertiary/aromatic N) is 2. The molecule has 6 nitrogen and oxygen atoms in total. The Bertz CT molecular complexity index is 655. The lowest BCUT2D eigenvalue weighted by atomic mass is 10.1. The largest absolute Gasteiger partial charge is 0.496 e. The van der Waals surface area contributed by atoms with Gasteiger partial charge in [0.05, 0.1) is 37.1 Å². The fraction of sp³-hybridized carbons (Fsp3) is 0.357. The summed E-state index contributed by atoms with van der Waals surface area (Å²) in [6.45, 7) is 2.43. The Labute approximate surface area is 137 Å². The quantitative estimate of drug-likeness (QED) is 0.777. The molecule has 0 atom stereocenters. The number of ether oxygens (including phenoxy) is 3. The van der Waals surface area contributed by atoms with Gasteiger partial charge in [0.1, 0.15) is 11.6 Å². The first-order valence-corrected chi connectivity index (χ1v) is 7.37. The molecule has 2 rings (SSSR count). The first-order valence-electron chi connectivity index (χ1n) is 6.29. The fourth-order valence-corrected chi connectivity index (χ4v) is 2.46. The fourth-order valence-electron chi connectivity index (χ4n) is 2.08. The third-order valence-corrected chi connectivity index (χ3v) is 4.53. The molecule has 0 amide bonds. The summed E-state index contributed by atoms with van der Waals surface area (Å²) < 4.78 is 18.7. The Morgan fingerprint density at radius 1 is 1.10 bits per heavy atom. The number of aromatic nitrogens is 2. The molecule has 0 aliphatic rings. The molecule has 0 saturated heterocycles. The minimum Gasteiger partial charge on any atom is -0.496 e. The van der Waals surface area contributed by atoms with Crippen molar-refractivity contribution in [3.05, 3.63) is 27.0 Å². The van der Waals surface area contributed by atoms with E-state index < -0.39 is 0 Å². The van der Waals surface area contributed by atoms with Crippen molar-refractivity contribution in [2.24, 2.45) is 0 Å². The van der Waals surface area contributed by atoms with E-state index in [1.54, 1.807) is 32.1 Å². The molecule has 0 aliphatic carbocycles. The van der Waals surface area contributed by atoms with E-state index in [-0.39, 0.29) is 0 Å². The van der Waals surface area contributed by atoms with Crippen molar-refractivity contribution < 1.29 is 14.2 Å². The summed E-state index contributed by atoms with van der Waals surface area (Å²) in [7, 11) is 4.81. The first-order chi connectivity index (χ1) is 10.0. The van der Waals surface area contributed by atoms with Crippen molar-refractivity contribution in [2.75, 3.05) is 27.1 Å². The van der Waals surface area contributed by atoms with Gasteiger partial charge in [-0.2, -0.15) is 5.10 Å². The van der Waals surface area contributed by atoms with Crippen LogP contribution in [-0.4, -0.2) is 31.1 Å². The molecule has 1 aromatic heterocycles. The lowest BCUT2D eigenvalue weighted by Crippen LogP contribution is -2.08. The van der Waals surface area contributed by atoms with Gasteiger partial charge in [0.2, 0.25) is 0 Å². The van der Waals surface area contributed by atoms with Crippen molar-refractivity contribution in [1.82, 2.24) is 9.78 Å². The molecule has 2 N–H and O–H groups in total. The molecule has 0 spiro atoms. The van der Waals surface area contributed by atoms with E-state index in [4.69, 9.17) is 19.9 Å². The molecule has 1 aromatic carbocycles. The topological polar surface area (TPSA) is 71.5 Å². The van der Waals surface area contributed by atoms with Gasteiger partial charge in [-0.3, -0.25) is 0 Å². The van der Waals surface area contributed by atoms with Crippen molar-refractivity contribution in [2.45, 2.75) is 13.5 Å². The predicted molar refractivity (Wildman–Crippen MR) is 89.3 cm³/mol. The Morgan fingerprint density at radius 2 is 1.67 bits per heavy atom. The molecular formula is C14H18IN3O3. The number of methoxy groups -OCH3 is 3. The van der Waals surface area contributed by atoms with Crippen LogP contribution in [0, 0.1) is 10.5 Å². The highest BCUT2D eigenvalue weighted by Crippen LogP contribution is 2.35. The number of nitrogens with two attached hydrogens (primary N) is 1. The van der Waals surface area contributed by atoms with Crippen molar-refractivity contribution in [3.63, 3.8) is 0 Å². The van der Waals surface area contributed by atoms with Crippen LogP contribution >= 0.6 is 22.6 Å². The summed E-state index contributed by atoms with van der Waals surface area (Å²) in [6.07, 6.45) is 0. The first kappa shape index (κ1) is 15.7. The zero-order chi connectivity index (χ0) is 15.6. The Morgan fingerprint density at radius 3 is 2.14 bits per heavy atom. The van der Waals surface area contributed by atoms with Gasteiger partial charge in [-0.05, 0) is 35.6 Å². The second-order valence-corrected chi connectivity index (χ2v) is 5.54. The smallest absolute Gasteiger partial charge is 0.164 e. The van der Waals surface area contributed by atoms with Gasteiger partial charge in [0, 0.05) is 11.6 Å². The standard InChI is InChI=1S/C14H18IN3O3/c1-8-13(15)14(16)18(17-8)7-9-5-11(20-3)12(21-4)6-10(9)19-2/h5-6H,7,16H2,1-4H3. The molecule has 7 heteroatoms. The number of hydrogen-bond donors (Lipinski definition) is 1. The van der Waals surface area contributed by atoms with Crippen LogP contribution in [0.2, 0.25) is 0 Å². The summed E-state index contributed by atoms with van der Waals surface area (Å²) in [5.74, 6) is 2.61. The summed E-state index contributed by atoms with van der Waals surface area (Å²) in [6, 6.07) is 3.67. The van der Waals surface area contributed by atoms with Gasteiger partial charge in [-0.1, -0.05) is 0 Å². The van der Waals surface area contributed by atoms with E-state index in [2.05, 4.69) is 27.7 Å². The lowest BCUT2D eigenvalue weighted by Gasteiger charge is -2.14. The van der Waals surface area contributed by atoms with Gasteiger partial charge in [-0.15, -0.1) is 0 Å². The summed E-state index contributed by atoms with van der Waals surface area (Å²) in [5, 5.41) is 4.44. The molecule has 2 aromatic rings. The average molecular weight is 403 g/mol. The van der Waals surface area contributed by atoms with Crippen LogP contribution in [0.15, 0.2) is 12.1 Å². The number of anilines is 1. The third kappa shape index (κ3) is 3.02. The van der Waals surface area contributed by atoms with E-state index in [9.17, 15) is 0 Å². The minimum atomic E-state index is 0.499. The molecule has 0 fully saturated rings. The summed E-state index contributed by atoms with van der Waals surface area (Å²) >= 11 is 2.19. The maximum Gasteiger partial charge on any atom is 0.164 e. The molecule has 0 unspecified atom stereocenters. The van der Waals surface area contributed by atoms with Crippen LogP contribution in [0.4, 0.5) is 5.82 Å². The zero-order valence-electron chi connectivity index (χ0n) is 12.4. The highest BCUT2D eigenvalue weighted by Gasteiger charge is 2.15. The molecular weight excluding hydrogens is 385 g/mol. The molecule has 1 heterocycles. The van der Waals surface area contributed by atoms with Gasteiger partial charge < -0.3 is 19.9 Å². The molecule has 0 radical (unpaired) electrons. The van der Waals surface area contributed by atoms with Gasteiger partial charge in [0.25, 0.3) is 0 Å². The van der Waals surface area contributed by atoms with Crippen molar-refractivity contribution in [1.29, 1.82) is 0 Å². The highest BCUT2D eigenvalue weighted by molar-refractivity contribution is 14.1. The summed E-state index contributed by atoms with van der Waals surface area (Å²) in [5.41, 5.74) is 7.89. The van der Waals surface area contributed by atoms with Gasteiger partial charge in [-0.25, -0.2) is 4.68 Å². The third-order valence-electron chi connectivity index (χ3n) is 3.20. The van der Waals surface area contributed by atoms with Gasteiger partial charge >= 0.3 is 0 Å². The normalized spacial score (nSPS) is 10.5. The second-order valence-electron chi connectivity index (χ2n) is 4.46. The zero-order valence-corrected chi connectivity index (χ0v) is 14.6. The molecule has 21 heavy (non-hydrogen) atoms. The average Bonchev–Trinajstić information content (AvgIpc) is 2.74. The predicted octanol–water partition coefficient (Wildman–Crippen LogP) is 2.45. The number of hydrogen-bond acceptors (Lipinski definition) is 5. The Balaban J connectivity index is 2.45. The highest BCUT2D eigenvalue weighted by atomic mass is 127. The number of nitrogen functional groups attached to an aromatic ring is 1. The van der Waals surface area contributed by atoms with Crippen LogP contribution in [0.25, 0.3) is 0 Å². The molecule has 0 saturated carbocycles. The van der Waals surface area contributed by atoms with Crippen molar-refractivity contribution in [3.8, 4) is 17.2 Å². The molecule has 0 aliphatic heterocycles. The monoisotopic (exact) mass is 403 g/mol. The number of rotatable bonds is 5. The van der Waals surface area contributed by atoms with Crippen LogP contribution in [-0.2, 0) is 6.54 Å². The molecule has 0 bridgehead atoms. The maximum atomic E-state index is 6.07. The van der Waals surface area contributed by atoms with E-state index in [0.29, 0.717) is 29.6 Å². The van der Waals surface area contributed by atoms with E-state index in [1.165, 1.54) is 0 Å². The maximum absolute atomic E-state index is 6.07. The van der Waals surface area contributed by atoms with E-state index >= 15 is 0 Å². The summed E-state index contributed by atoms with van der Waals surface area (Å²) in [4.78, 5) is 0. The minimum absolute atomic E-state index is 0.499.